The lowest BCUT2D eigenvalue weighted by atomic mass is 9.97. The van der Waals surface area contributed by atoms with Crippen molar-refractivity contribution in [3.8, 4) is 0 Å². The maximum absolute atomic E-state index is 11.3. The molecule has 138 valence electrons. The van der Waals surface area contributed by atoms with Gasteiger partial charge in [0.25, 0.3) is 5.69 Å². The molecule has 0 unspecified atom stereocenters. The fraction of sp³-hybridized carbons (Fsp3) is 0.611. The Morgan fingerprint density at radius 1 is 1.40 bits per heavy atom. The van der Waals surface area contributed by atoms with E-state index in [9.17, 15) is 10.1 Å². The Hall–Kier alpha value is -1.73. The van der Waals surface area contributed by atoms with Gasteiger partial charge in [-0.2, -0.15) is 0 Å². The molecule has 25 heavy (non-hydrogen) atoms. The van der Waals surface area contributed by atoms with Gasteiger partial charge in [0.05, 0.1) is 28.0 Å². The number of hydrogen-bond acceptors (Lipinski definition) is 5. The average Bonchev–Trinajstić information content (AvgIpc) is 2.43. The van der Waals surface area contributed by atoms with Gasteiger partial charge in [-0.25, -0.2) is 0 Å². The molecular formula is C18H28N2O4Si. The van der Waals surface area contributed by atoms with Gasteiger partial charge < -0.3 is 9.16 Å². The number of hydrogen-bond donors (Lipinski definition) is 0. The summed E-state index contributed by atoms with van der Waals surface area (Å²) >= 11 is 0. The Balaban J connectivity index is 2.35. The molecule has 0 N–H and O–H groups in total. The van der Waals surface area contributed by atoms with Crippen LogP contribution in [-0.2, 0) is 9.16 Å². The van der Waals surface area contributed by atoms with E-state index < -0.39 is 24.9 Å². The van der Waals surface area contributed by atoms with Crippen LogP contribution >= 0.6 is 0 Å². The first-order valence-electron chi connectivity index (χ1n) is 8.49. The van der Waals surface area contributed by atoms with E-state index in [1.165, 1.54) is 6.20 Å². The Morgan fingerprint density at radius 2 is 2.04 bits per heavy atom. The second-order valence-corrected chi connectivity index (χ2v) is 13.3. The van der Waals surface area contributed by atoms with E-state index in [4.69, 9.17) is 9.16 Å². The van der Waals surface area contributed by atoms with Gasteiger partial charge in [-0.1, -0.05) is 20.8 Å². The van der Waals surface area contributed by atoms with Crippen molar-refractivity contribution < 1.29 is 14.1 Å². The highest BCUT2D eigenvalue weighted by Gasteiger charge is 2.42. The van der Waals surface area contributed by atoms with Gasteiger partial charge in [0.15, 0.2) is 0 Å². The van der Waals surface area contributed by atoms with Gasteiger partial charge in [0, 0.05) is 12.6 Å². The van der Waals surface area contributed by atoms with Gasteiger partial charge in [-0.05, 0) is 44.1 Å². The molecule has 0 saturated carbocycles. The summed E-state index contributed by atoms with van der Waals surface area (Å²) in [4.78, 5) is 14.8. The van der Waals surface area contributed by atoms with Gasteiger partial charge in [0.1, 0.15) is 6.20 Å². The number of pyridine rings is 1. The molecule has 1 aliphatic heterocycles. The molecule has 2 rings (SSSR count). The second kappa shape index (κ2) is 6.53. The number of aromatic nitrogens is 1. The average molecular weight is 365 g/mol. The molecule has 1 aliphatic rings. The quantitative estimate of drug-likeness (QED) is 0.420. The van der Waals surface area contributed by atoms with E-state index in [-0.39, 0.29) is 10.7 Å². The summed E-state index contributed by atoms with van der Waals surface area (Å²) in [7, 11) is -1.99. The third-order valence-corrected chi connectivity index (χ3v) is 9.29. The van der Waals surface area contributed by atoms with Crippen LogP contribution in [0.1, 0.15) is 52.7 Å². The number of nitro groups is 1. The van der Waals surface area contributed by atoms with Crippen molar-refractivity contribution in [1.82, 2.24) is 4.98 Å². The van der Waals surface area contributed by atoms with E-state index in [0.29, 0.717) is 12.0 Å². The van der Waals surface area contributed by atoms with Gasteiger partial charge >= 0.3 is 0 Å². The minimum atomic E-state index is -1.99. The zero-order chi connectivity index (χ0) is 19.0. The summed E-state index contributed by atoms with van der Waals surface area (Å²) in [6.07, 6.45) is 4.89. The molecule has 0 radical (unpaired) electrons. The molecule has 0 aliphatic carbocycles. The highest BCUT2D eigenvalue weighted by atomic mass is 28.4. The maximum atomic E-state index is 11.3. The van der Waals surface area contributed by atoms with Crippen molar-refractivity contribution >= 4 is 14.0 Å². The first-order chi connectivity index (χ1) is 11.3. The van der Waals surface area contributed by atoms with Crippen LogP contribution in [0, 0.1) is 10.1 Å². The topological polar surface area (TPSA) is 74.5 Å². The van der Waals surface area contributed by atoms with Crippen LogP contribution in [0.3, 0.4) is 0 Å². The van der Waals surface area contributed by atoms with Crippen LogP contribution < -0.4 is 0 Å². The Kier molecular flexibility index (Phi) is 5.12. The molecule has 7 heteroatoms. The summed E-state index contributed by atoms with van der Waals surface area (Å²) < 4.78 is 12.6. The normalized spacial score (nSPS) is 20.8. The van der Waals surface area contributed by atoms with Gasteiger partial charge in [0.2, 0.25) is 8.32 Å². The fourth-order valence-electron chi connectivity index (χ4n) is 2.62. The first-order valence-corrected chi connectivity index (χ1v) is 11.4. The van der Waals surface area contributed by atoms with Crippen LogP contribution in [0.5, 0.6) is 0 Å². The van der Waals surface area contributed by atoms with Crippen LogP contribution in [0.2, 0.25) is 18.1 Å². The summed E-state index contributed by atoms with van der Waals surface area (Å²) in [5.74, 6) is 0.860. The minimum absolute atomic E-state index is 0.0168. The van der Waals surface area contributed by atoms with Gasteiger partial charge in [-0.3, -0.25) is 15.1 Å². The Bertz CT molecular complexity index is 693. The highest BCUT2D eigenvalue weighted by molar-refractivity contribution is 6.74. The molecule has 0 spiro atoms. The van der Waals surface area contributed by atoms with Crippen molar-refractivity contribution in [2.24, 2.45) is 0 Å². The summed E-state index contributed by atoms with van der Waals surface area (Å²) in [6.45, 7) is 14.9. The SMILES string of the molecule is CC1(C)C=C(O[Si](C)(C)C(C)(C)C)C[C@H](c2ccncc2[N+](=O)[O-])O1. The molecule has 1 aromatic rings. The number of rotatable bonds is 4. The van der Waals surface area contributed by atoms with E-state index in [0.717, 1.165) is 5.76 Å². The minimum Gasteiger partial charge on any atom is -0.547 e. The number of nitrogens with zero attached hydrogens (tertiary/aromatic N) is 2. The third kappa shape index (κ3) is 4.46. The zero-order valence-electron chi connectivity index (χ0n) is 16.1. The predicted octanol–water partition coefficient (Wildman–Crippen LogP) is 5.14. The predicted molar refractivity (Wildman–Crippen MR) is 99.8 cm³/mol. The van der Waals surface area contributed by atoms with Crippen molar-refractivity contribution in [3.63, 3.8) is 0 Å². The zero-order valence-corrected chi connectivity index (χ0v) is 17.1. The summed E-state index contributed by atoms with van der Waals surface area (Å²) in [5, 5.41) is 11.4. The van der Waals surface area contributed by atoms with E-state index in [1.807, 2.05) is 19.9 Å². The second-order valence-electron chi connectivity index (χ2n) is 8.58. The Labute approximate surface area is 150 Å². The molecule has 0 bridgehead atoms. The smallest absolute Gasteiger partial charge is 0.293 e. The molecular weight excluding hydrogens is 336 g/mol. The fourth-order valence-corrected chi connectivity index (χ4v) is 3.72. The third-order valence-electron chi connectivity index (χ3n) is 4.91. The standard InChI is InChI=1S/C18H28N2O4Si/c1-17(2,3)25(6,7)24-13-10-16(23-18(4,5)11-13)14-8-9-19-12-15(14)20(21)22/h8-9,11-12,16H,10H2,1-7H3/t16-/m1/s1. The van der Waals surface area contributed by atoms with Crippen molar-refractivity contribution in [2.45, 2.75) is 70.9 Å². The van der Waals surface area contributed by atoms with Gasteiger partial charge in [-0.15, -0.1) is 0 Å². The van der Waals surface area contributed by atoms with Crippen molar-refractivity contribution in [2.75, 3.05) is 0 Å². The molecule has 0 saturated heterocycles. The van der Waals surface area contributed by atoms with Crippen LogP contribution in [0.4, 0.5) is 5.69 Å². The highest BCUT2D eigenvalue weighted by Crippen LogP contribution is 2.43. The lowest BCUT2D eigenvalue weighted by Gasteiger charge is -2.41. The summed E-state index contributed by atoms with van der Waals surface area (Å²) in [5.41, 5.74) is -0.0352. The summed E-state index contributed by atoms with van der Waals surface area (Å²) in [6, 6.07) is 1.66. The van der Waals surface area contributed by atoms with Crippen molar-refractivity contribution in [3.05, 3.63) is 46.0 Å². The largest absolute Gasteiger partial charge is 0.547 e. The van der Waals surface area contributed by atoms with E-state index >= 15 is 0 Å². The van der Waals surface area contributed by atoms with Crippen molar-refractivity contribution in [1.29, 1.82) is 0 Å². The molecule has 0 fully saturated rings. The maximum Gasteiger partial charge on any atom is 0.293 e. The lowest BCUT2D eigenvalue weighted by molar-refractivity contribution is -0.386. The van der Waals surface area contributed by atoms with E-state index in [1.54, 1.807) is 12.3 Å². The monoisotopic (exact) mass is 364 g/mol. The molecule has 6 nitrogen and oxygen atoms in total. The molecule has 0 amide bonds. The van der Waals surface area contributed by atoms with Crippen LogP contribution in [-0.4, -0.2) is 23.8 Å². The number of ether oxygens (including phenoxy) is 1. The molecule has 2 heterocycles. The molecule has 0 aromatic carbocycles. The molecule has 1 atom stereocenters. The Morgan fingerprint density at radius 3 is 2.60 bits per heavy atom. The lowest BCUT2D eigenvalue weighted by Crippen LogP contribution is -2.42. The molecule has 1 aromatic heterocycles. The van der Waals surface area contributed by atoms with Crippen LogP contribution in [0.15, 0.2) is 30.3 Å². The van der Waals surface area contributed by atoms with E-state index in [2.05, 4.69) is 38.8 Å². The first kappa shape index (κ1) is 19.6. The van der Waals surface area contributed by atoms with Crippen LogP contribution in [0.25, 0.3) is 0 Å².